The average molecular weight is 342 g/mol. The second kappa shape index (κ2) is 8.14. The quantitative estimate of drug-likeness (QED) is 0.687. The van der Waals surface area contributed by atoms with Crippen LogP contribution in [0.2, 0.25) is 0 Å². The Morgan fingerprint density at radius 3 is 2.24 bits per heavy atom. The molecule has 2 aromatic rings. The molecule has 0 radical (unpaired) electrons. The fraction of sp³-hybridized carbons (Fsp3) is 0.350. The van der Waals surface area contributed by atoms with Gasteiger partial charge in [0, 0.05) is 12.6 Å². The van der Waals surface area contributed by atoms with E-state index in [1.165, 1.54) is 0 Å². The maximum absolute atomic E-state index is 11.9. The maximum Gasteiger partial charge on any atom is 0.255 e. The molecule has 5 heteroatoms. The monoisotopic (exact) mass is 342 g/mol. The van der Waals surface area contributed by atoms with Crippen LogP contribution in [0.4, 0.5) is 0 Å². The van der Waals surface area contributed by atoms with E-state index < -0.39 is 11.5 Å². The lowest BCUT2D eigenvalue weighted by Crippen LogP contribution is -2.49. The third-order valence-corrected chi connectivity index (χ3v) is 4.38. The molecule has 0 saturated heterocycles. The second-order valence-electron chi connectivity index (χ2n) is 6.47. The molecule has 0 spiro atoms. The highest BCUT2D eigenvalue weighted by Gasteiger charge is 2.36. The summed E-state index contributed by atoms with van der Waals surface area (Å²) >= 11 is 0. The van der Waals surface area contributed by atoms with Crippen LogP contribution in [0.5, 0.6) is 5.75 Å². The van der Waals surface area contributed by atoms with E-state index in [0.29, 0.717) is 5.56 Å². The Bertz CT molecular complexity index is 686. The van der Waals surface area contributed by atoms with E-state index in [1.54, 1.807) is 31.4 Å². The number of hydrogen-bond donors (Lipinski definition) is 3. The molecule has 0 aliphatic heterocycles. The van der Waals surface area contributed by atoms with E-state index in [4.69, 9.17) is 10.5 Å². The van der Waals surface area contributed by atoms with Gasteiger partial charge in [0.25, 0.3) is 5.91 Å². The van der Waals surface area contributed by atoms with Gasteiger partial charge >= 0.3 is 0 Å². The minimum Gasteiger partial charge on any atom is -0.497 e. The van der Waals surface area contributed by atoms with Crippen LogP contribution < -0.4 is 15.8 Å². The summed E-state index contributed by atoms with van der Waals surface area (Å²) in [6.45, 7) is 4.18. The van der Waals surface area contributed by atoms with Crippen LogP contribution in [0, 0.1) is 5.92 Å². The van der Waals surface area contributed by atoms with Crippen LogP contribution >= 0.6 is 0 Å². The summed E-state index contributed by atoms with van der Waals surface area (Å²) < 4.78 is 5.19. The van der Waals surface area contributed by atoms with Crippen LogP contribution in [0.3, 0.4) is 0 Å². The zero-order valence-electron chi connectivity index (χ0n) is 14.9. The normalized spacial score (nSPS) is 14.8. The molecule has 134 valence electrons. The number of methoxy groups -OCH3 is 1. The first-order chi connectivity index (χ1) is 11.9. The van der Waals surface area contributed by atoms with Gasteiger partial charge in [-0.15, -0.1) is 0 Å². The third kappa shape index (κ3) is 4.38. The van der Waals surface area contributed by atoms with Crippen molar-refractivity contribution < 1.29 is 14.6 Å². The summed E-state index contributed by atoms with van der Waals surface area (Å²) in [7, 11) is 1.63. The van der Waals surface area contributed by atoms with Gasteiger partial charge in [-0.1, -0.05) is 56.3 Å². The maximum atomic E-state index is 11.9. The number of nitrogens with one attached hydrogen (secondary N) is 1. The molecule has 0 aliphatic carbocycles. The van der Waals surface area contributed by atoms with Gasteiger partial charge in [-0.05, 0) is 29.2 Å². The largest absolute Gasteiger partial charge is 0.497 e. The molecular formula is C20H26N2O3. The molecular weight excluding hydrogens is 316 g/mol. The summed E-state index contributed by atoms with van der Waals surface area (Å²) in [6.07, 6.45) is 0. The Balaban J connectivity index is 2.22. The van der Waals surface area contributed by atoms with Gasteiger partial charge in [0.05, 0.1) is 7.11 Å². The second-order valence-corrected chi connectivity index (χ2v) is 6.47. The van der Waals surface area contributed by atoms with E-state index in [9.17, 15) is 9.90 Å². The van der Waals surface area contributed by atoms with Crippen molar-refractivity contribution in [3.8, 4) is 5.75 Å². The number of amides is 1. The highest BCUT2D eigenvalue weighted by atomic mass is 16.5. The Labute approximate surface area is 148 Å². The lowest BCUT2D eigenvalue weighted by molar-refractivity contribution is -0.137. The van der Waals surface area contributed by atoms with Gasteiger partial charge in [-0.3, -0.25) is 4.79 Å². The van der Waals surface area contributed by atoms with Crippen molar-refractivity contribution >= 4 is 5.91 Å². The number of rotatable bonds is 8. The van der Waals surface area contributed by atoms with Crippen molar-refractivity contribution in [3.05, 3.63) is 65.7 Å². The van der Waals surface area contributed by atoms with E-state index in [1.807, 2.05) is 30.3 Å². The molecule has 0 aliphatic rings. The number of primary amides is 1. The number of carbonyl (C=O) groups excluding carboxylic acids is 1. The van der Waals surface area contributed by atoms with E-state index in [2.05, 4.69) is 19.2 Å². The van der Waals surface area contributed by atoms with Gasteiger partial charge in [0.2, 0.25) is 0 Å². The summed E-state index contributed by atoms with van der Waals surface area (Å²) in [6, 6.07) is 16.5. The lowest BCUT2D eigenvalue weighted by Gasteiger charge is -2.30. The molecule has 4 N–H and O–H groups in total. The van der Waals surface area contributed by atoms with Gasteiger partial charge in [-0.25, -0.2) is 0 Å². The fourth-order valence-electron chi connectivity index (χ4n) is 2.85. The standard InChI is InChI=1S/C20H26N2O3/c1-14(2)18(15-9-11-17(25-3)12-10-15)22-13-20(24,19(21)23)16-7-5-4-6-8-16/h4-12,14,18,22,24H,13H2,1-3H3,(H2,21,23)/t18-,20+/m0/s1. The average Bonchev–Trinajstić information content (AvgIpc) is 2.62. The summed E-state index contributed by atoms with van der Waals surface area (Å²) in [5.41, 5.74) is 5.26. The van der Waals surface area contributed by atoms with Crippen LogP contribution in [-0.2, 0) is 10.4 Å². The number of benzene rings is 2. The van der Waals surface area contributed by atoms with Crippen molar-refractivity contribution in [2.75, 3.05) is 13.7 Å². The number of nitrogens with two attached hydrogens (primary N) is 1. The first-order valence-corrected chi connectivity index (χ1v) is 8.33. The molecule has 2 rings (SSSR count). The Morgan fingerprint density at radius 1 is 1.16 bits per heavy atom. The van der Waals surface area contributed by atoms with Crippen molar-refractivity contribution in [2.45, 2.75) is 25.5 Å². The fourth-order valence-corrected chi connectivity index (χ4v) is 2.85. The lowest BCUT2D eigenvalue weighted by atomic mass is 9.90. The molecule has 0 aromatic heterocycles. The highest BCUT2D eigenvalue weighted by molar-refractivity contribution is 5.85. The van der Waals surface area contributed by atoms with Gasteiger partial charge in [0.1, 0.15) is 5.75 Å². The summed E-state index contributed by atoms with van der Waals surface area (Å²) in [5.74, 6) is 0.258. The number of aliphatic hydroxyl groups is 1. The molecule has 25 heavy (non-hydrogen) atoms. The van der Waals surface area contributed by atoms with Crippen LogP contribution in [0.25, 0.3) is 0 Å². The molecule has 5 nitrogen and oxygen atoms in total. The first-order valence-electron chi connectivity index (χ1n) is 8.33. The number of hydrogen-bond acceptors (Lipinski definition) is 4. The molecule has 0 unspecified atom stereocenters. The van der Waals surface area contributed by atoms with Crippen molar-refractivity contribution in [2.24, 2.45) is 11.7 Å². The predicted molar refractivity (Wildman–Crippen MR) is 98.1 cm³/mol. The smallest absolute Gasteiger partial charge is 0.255 e. The molecule has 2 aromatic carbocycles. The first kappa shape index (κ1) is 19.0. The van der Waals surface area contributed by atoms with Crippen LogP contribution in [-0.4, -0.2) is 24.7 Å². The van der Waals surface area contributed by atoms with Gasteiger partial charge in [-0.2, -0.15) is 0 Å². The Kier molecular flexibility index (Phi) is 6.17. The van der Waals surface area contributed by atoms with Crippen LogP contribution in [0.1, 0.15) is 31.0 Å². The Morgan fingerprint density at radius 2 is 1.76 bits per heavy atom. The number of carbonyl (C=O) groups is 1. The molecule has 0 bridgehead atoms. The molecule has 2 atom stereocenters. The molecule has 0 heterocycles. The third-order valence-electron chi connectivity index (χ3n) is 4.38. The van der Waals surface area contributed by atoms with E-state index in [0.717, 1.165) is 11.3 Å². The van der Waals surface area contributed by atoms with Crippen molar-refractivity contribution in [3.63, 3.8) is 0 Å². The highest BCUT2D eigenvalue weighted by Crippen LogP contribution is 2.26. The van der Waals surface area contributed by atoms with E-state index >= 15 is 0 Å². The molecule has 1 amide bonds. The van der Waals surface area contributed by atoms with Crippen molar-refractivity contribution in [1.82, 2.24) is 5.32 Å². The zero-order valence-corrected chi connectivity index (χ0v) is 14.9. The summed E-state index contributed by atoms with van der Waals surface area (Å²) in [5, 5.41) is 14.2. The predicted octanol–water partition coefficient (Wildman–Crippen LogP) is 2.36. The molecule has 0 saturated carbocycles. The zero-order chi connectivity index (χ0) is 18.4. The summed E-state index contributed by atoms with van der Waals surface area (Å²) in [4.78, 5) is 11.9. The van der Waals surface area contributed by atoms with Gasteiger partial charge in [0.15, 0.2) is 5.60 Å². The molecule has 0 fully saturated rings. The Hall–Kier alpha value is -2.37. The van der Waals surface area contributed by atoms with Crippen LogP contribution in [0.15, 0.2) is 54.6 Å². The topological polar surface area (TPSA) is 84.6 Å². The van der Waals surface area contributed by atoms with E-state index in [-0.39, 0.29) is 18.5 Å². The number of ether oxygens (including phenoxy) is 1. The SMILES string of the molecule is COc1ccc([C@@H](NC[C@](O)(C(N)=O)c2ccccc2)C(C)C)cc1. The minimum absolute atomic E-state index is 0.0290. The van der Waals surface area contributed by atoms with Gasteiger partial charge < -0.3 is 20.9 Å². The minimum atomic E-state index is -1.76. The van der Waals surface area contributed by atoms with Crippen molar-refractivity contribution in [1.29, 1.82) is 0 Å².